The minimum atomic E-state index is -0.221. The maximum absolute atomic E-state index is 12.5. The van der Waals surface area contributed by atoms with Gasteiger partial charge in [0.15, 0.2) is 4.77 Å². The first kappa shape index (κ1) is 18.7. The van der Waals surface area contributed by atoms with E-state index in [1.165, 1.54) is 7.11 Å². The summed E-state index contributed by atoms with van der Waals surface area (Å²) in [5.74, 6) is 1.51. The number of hydrogen-bond donors (Lipinski definition) is 2. The monoisotopic (exact) mass is 384 g/mol. The fraction of sp³-hybridized carbons (Fsp3) is 0.211. The number of carbonyl (C=O) groups excluding carboxylic acids is 1. The number of carbonyl (C=O) groups is 1. The van der Waals surface area contributed by atoms with Crippen LogP contribution in [0.5, 0.6) is 11.5 Å². The maximum Gasteiger partial charge on any atom is 0.232 e. The molecule has 0 fully saturated rings. The van der Waals surface area contributed by atoms with E-state index >= 15 is 0 Å². The molecule has 1 aromatic heterocycles. The van der Waals surface area contributed by atoms with Crippen molar-refractivity contribution in [3.8, 4) is 11.5 Å². The first-order valence-corrected chi connectivity index (χ1v) is 8.71. The van der Waals surface area contributed by atoms with E-state index in [2.05, 4.69) is 15.5 Å². The van der Waals surface area contributed by atoms with Crippen LogP contribution in [0.25, 0.3) is 0 Å². The zero-order chi connectivity index (χ0) is 19.2. The third kappa shape index (κ3) is 4.53. The lowest BCUT2D eigenvalue weighted by molar-refractivity contribution is -0.115. The number of hydrogen-bond acceptors (Lipinski definition) is 5. The van der Waals surface area contributed by atoms with Gasteiger partial charge in [0.1, 0.15) is 17.3 Å². The second-order valence-corrected chi connectivity index (χ2v) is 6.19. The van der Waals surface area contributed by atoms with Crippen molar-refractivity contribution >= 4 is 23.8 Å². The zero-order valence-electron chi connectivity index (χ0n) is 15.1. The fourth-order valence-electron chi connectivity index (χ4n) is 2.65. The first-order valence-electron chi connectivity index (χ1n) is 8.30. The van der Waals surface area contributed by atoms with Gasteiger partial charge in [-0.15, -0.1) is 0 Å². The summed E-state index contributed by atoms with van der Waals surface area (Å²) in [5, 5.41) is 9.80. The predicted octanol–water partition coefficient (Wildman–Crippen LogP) is 3.19. The van der Waals surface area contributed by atoms with Gasteiger partial charge in [-0.05, 0) is 29.9 Å². The molecule has 0 aliphatic heterocycles. The number of amides is 1. The van der Waals surface area contributed by atoms with Crippen LogP contribution in [0.1, 0.15) is 11.4 Å². The molecule has 0 aliphatic carbocycles. The van der Waals surface area contributed by atoms with Crippen molar-refractivity contribution in [2.24, 2.45) is 0 Å². The molecule has 0 atom stereocenters. The first-order chi connectivity index (χ1) is 13.1. The Balaban J connectivity index is 1.75. The highest BCUT2D eigenvalue weighted by Gasteiger charge is 2.14. The van der Waals surface area contributed by atoms with Crippen molar-refractivity contribution in [1.29, 1.82) is 0 Å². The molecule has 0 spiro atoms. The van der Waals surface area contributed by atoms with Crippen molar-refractivity contribution in [3.63, 3.8) is 0 Å². The molecule has 1 amide bonds. The van der Waals surface area contributed by atoms with Crippen LogP contribution in [-0.4, -0.2) is 34.9 Å². The lowest BCUT2D eigenvalue weighted by atomic mass is 10.2. The molecule has 0 saturated carbocycles. The van der Waals surface area contributed by atoms with Crippen LogP contribution in [0, 0.1) is 4.77 Å². The summed E-state index contributed by atoms with van der Waals surface area (Å²) in [5.41, 5.74) is 1.64. The third-order valence-electron chi connectivity index (χ3n) is 4.02. The predicted molar refractivity (Wildman–Crippen MR) is 105 cm³/mol. The molecular formula is C19H20N4O3S. The van der Waals surface area contributed by atoms with Gasteiger partial charge in [-0.2, -0.15) is 5.10 Å². The van der Waals surface area contributed by atoms with Gasteiger partial charge in [-0.25, -0.2) is 0 Å². The lowest BCUT2D eigenvalue weighted by Gasteiger charge is -2.12. The molecule has 3 rings (SSSR count). The molecule has 8 heteroatoms. The molecule has 3 aromatic rings. The molecule has 0 radical (unpaired) electrons. The number of anilines is 1. The number of methoxy groups -OCH3 is 2. The van der Waals surface area contributed by atoms with Crippen LogP contribution in [0.4, 0.5) is 5.69 Å². The van der Waals surface area contributed by atoms with Crippen LogP contribution < -0.4 is 14.8 Å². The molecule has 1 heterocycles. The average Bonchev–Trinajstić information content (AvgIpc) is 3.02. The molecule has 2 N–H and O–H groups in total. The Bertz CT molecular complexity index is 982. The molecule has 0 unspecified atom stereocenters. The number of aromatic nitrogens is 3. The average molecular weight is 384 g/mol. The Hall–Kier alpha value is -3.13. The van der Waals surface area contributed by atoms with E-state index in [0.717, 1.165) is 5.56 Å². The molecule has 0 bridgehead atoms. The van der Waals surface area contributed by atoms with E-state index in [9.17, 15) is 4.79 Å². The summed E-state index contributed by atoms with van der Waals surface area (Å²) in [6.07, 6.45) is 0.0785. The minimum absolute atomic E-state index is 0.0785. The smallest absolute Gasteiger partial charge is 0.232 e. The highest BCUT2D eigenvalue weighted by Crippen LogP contribution is 2.29. The second-order valence-electron chi connectivity index (χ2n) is 5.81. The number of aromatic amines is 1. The highest BCUT2D eigenvalue weighted by molar-refractivity contribution is 7.71. The van der Waals surface area contributed by atoms with Gasteiger partial charge in [-0.1, -0.05) is 30.3 Å². The van der Waals surface area contributed by atoms with E-state index in [-0.39, 0.29) is 12.3 Å². The number of benzene rings is 2. The molecule has 27 heavy (non-hydrogen) atoms. The van der Waals surface area contributed by atoms with Crippen molar-refractivity contribution in [2.75, 3.05) is 19.5 Å². The number of rotatable bonds is 7. The van der Waals surface area contributed by atoms with Crippen LogP contribution in [0.2, 0.25) is 0 Å². The topological polar surface area (TPSA) is 81.2 Å². The van der Waals surface area contributed by atoms with Gasteiger partial charge in [0.2, 0.25) is 5.91 Å². The van der Waals surface area contributed by atoms with E-state index in [0.29, 0.717) is 34.3 Å². The Labute approximate surface area is 161 Å². The Kier molecular flexibility index (Phi) is 5.87. The highest BCUT2D eigenvalue weighted by atomic mass is 32.1. The molecule has 7 nitrogen and oxygen atoms in total. The fourth-order valence-corrected chi connectivity index (χ4v) is 2.87. The van der Waals surface area contributed by atoms with Crippen molar-refractivity contribution < 1.29 is 14.3 Å². The number of ether oxygens (including phenoxy) is 2. The van der Waals surface area contributed by atoms with Crippen molar-refractivity contribution in [1.82, 2.24) is 14.8 Å². The summed E-state index contributed by atoms with van der Waals surface area (Å²) >= 11 is 5.30. The summed E-state index contributed by atoms with van der Waals surface area (Å²) in [7, 11) is 3.11. The Morgan fingerprint density at radius 2 is 1.96 bits per heavy atom. The standard InChI is InChI=1S/C19H20N4O3S/c1-25-14-8-9-15(16(10-14)26-2)20-18(24)11-17-21-22-19(27)23(17)12-13-6-4-3-5-7-13/h3-10H,11-12H2,1-2H3,(H,20,24)(H,22,27). The van der Waals surface area contributed by atoms with Crippen LogP contribution in [0.15, 0.2) is 48.5 Å². The van der Waals surface area contributed by atoms with Crippen LogP contribution in [-0.2, 0) is 17.8 Å². The maximum atomic E-state index is 12.5. The largest absolute Gasteiger partial charge is 0.497 e. The molecule has 0 aliphatic rings. The lowest BCUT2D eigenvalue weighted by Crippen LogP contribution is -2.18. The number of nitrogens with zero attached hydrogens (tertiary/aromatic N) is 2. The molecule has 0 saturated heterocycles. The quantitative estimate of drug-likeness (QED) is 0.612. The van der Waals surface area contributed by atoms with Gasteiger partial charge < -0.3 is 14.8 Å². The normalized spacial score (nSPS) is 10.4. The number of H-pyrrole nitrogens is 1. The Morgan fingerprint density at radius 3 is 2.67 bits per heavy atom. The Morgan fingerprint density at radius 1 is 1.19 bits per heavy atom. The molecule has 140 valence electrons. The van der Waals surface area contributed by atoms with Gasteiger partial charge in [0.05, 0.1) is 32.9 Å². The van der Waals surface area contributed by atoms with E-state index in [4.69, 9.17) is 21.7 Å². The van der Waals surface area contributed by atoms with Gasteiger partial charge in [-0.3, -0.25) is 14.5 Å². The van der Waals surface area contributed by atoms with Crippen molar-refractivity contribution in [3.05, 3.63) is 64.7 Å². The number of nitrogens with one attached hydrogen (secondary N) is 2. The summed E-state index contributed by atoms with van der Waals surface area (Å²) in [6, 6.07) is 15.1. The summed E-state index contributed by atoms with van der Waals surface area (Å²) < 4.78 is 12.8. The summed E-state index contributed by atoms with van der Waals surface area (Å²) in [6.45, 7) is 0.546. The van der Waals surface area contributed by atoms with Gasteiger partial charge >= 0.3 is 0 Å². The van der Waals surface area contributed by atoms with Gasteiger partial charge in [0.25, 0.3) is 0 Å². The van der Waals surface area contributed by atoms with Crippen LogP contribution >= 0.6 is 12.2 Å². The van der Waals surface area contributed by atoms with E-state index in [1.54, 1.807) is 25.3 Å². The summed E-state index contributed by atoms with van der Waals surface area (Å²) in [4.78, 5) is 12.5. The van der Waals surface area contributed by atoms with Crippen LogP contribution in [0.3, 0.4) is 0 Å². The van der Waals surface area contributed by atoms with Crippen molar-refractivity contribution in [2.45, 2.75) is 13.0 Å². The molecular weight excluding hydrogens is 364 g/mol. The molecule has 2 aromatic carbocycles. The minimum Gasteiger partial charge on any atom is -0.497 e. The second kappa shape index (κ2) is 8.50. The SMILES string of the molecule is COc1ccc(NC(=O)Cc2n[nH]c(=S)n2Cc2ccccc2)c(OC)c1. The van der Waals surface area contributed by atoms with E-state index < -0.39 is 0 Å². The zero-order valence-corrected chi connectivity index (χ0v) is 15.9. The van der Waals surface area contributed by atoms with Gasteiger partial charge in [0, 0.05) is 6.07 Å². The third-order valence-corrected chi connectivity index (χ3v) is 4.33. The van der Waals surface area contributed by atoms with E-state index in [1.807, 2.05) is 34.9 Å².